The summed E-state index contributed by atoms with van der Waals surface area (Å²) in [6, 6.07) is 2.00. The van der Waals surface area contributed by atoms with Crippen LogP contribution in [0.4, 0.5) is 0 Å². The molecular formula is C15H30O4Si. The van der Waals surface area contributed by atoms with Crippen molar-refractivity contribution in [3.05, 3.63) is 12.2 Å². The van der Waals surface area contributed by atoms with Crippen molar-refractivity contribution in [2.45, 2.75) is 59.0 Å². The van der Waals surface area contributed by atoms with E-state index < -0.39 is 8.56 Å². The zero-order valence-corrected chi connectivity index (χ0v) is 14.5. The van der Waals surface area contributed by atoms with Gasteiger partial charge >= 0.3 is 14.5 Å². The van der Waals surface area contributed by atoms with E-state index in [9.17, 15) is 4.79 Å². The second-order valence-corrected chi connectivity index (χ2v) is 8.46. The Balaban J connectivity index is 3.89. The SMILES string of the molecule is C=C(C)C(=O)OCCCCC[Si](CC)(OCC)OCC. The van der Waals surface area contributed by atoms with Crippen LogP contribution < -0.4 is 0 Å². The van der Waals surface area contributed by atoms with Gasteiger partial charge in [-0.3, -0.25) is 0 Å². The van der Waals surface area contributed by atoms with Gasteiger partial charge < -0.3 is 13.6 Å². The van der Waals surface area contributed by atoms with E-state index in [0.717, 1.165) is 44.6 Å². The summed E-state index contributed by atoms with van der Waals surface area (Å²) in [5.41, 5.74) is 0.454. The molecule has 0 aliphatic heterocycles. The average molecular weight is 302 g/mol. The smallest absolute Gasteiger partial charge is 0.337 e. The van der Waals surface area contributed by atoms with Crippen molar-refractivity contribution >= 4 is 14.5 Å². The van der Waals surface area contributed by atoms with Crippen molar-refractivity contribution < 1.29 is 18.4 Å². The van der Waals surface area contributed by atoms with E-state index in [1.54, 1.807) is 6.92 Å². The topological polar surface area (TPSA) is 44.8 Å². The van der Waals surface area contributed by atoms with Crippen LogP contribution in [0.25, 0.3) is 0 Å². The first-order chi connectivity index (χ1) is 9.51. The van der Waals surface area contributed by atoms with Gasteiger partial charge in [-0.2, -0.15) is 0 Å². The first-order valence-electron chi connectivity index (χ1n) is 7.61. The molecule has 0 atom stereocenters. The first kappa shape index (κ1) is 19.3. The Morgan fingerprint density at radius 2 is 1.65 bits per heavy atom. The second-order valence-electron chi connectivity index (χ2n) is 4.86. The number of carbonyl (C=O) groups is 1. The minimum absolute atomic E-state index is 0.300. The van der Waals surface area contributed by atoms with Crippen LogP contribution in [0.1, 0.15) is 47.0 Å². The predicted octanol–water partition coefficient (Wildman–Crippen LogP) is 3.81. The number of hydrogen-bond donors (Lipinski definition) is 0. The van der Waals surface area contributed by atoms with Crippen molar-refractivity contribution in [2.75, 3.05) is 19.8 Å². The van der Waals surface area contributed by atoms with E-state index in [2.05, 4.69) is 13.5 Å². The third-order valence-corrected chi connectivity index (χ3v) is 6.96. The molecule has 0 saturated heterocycles. The Morgan fingerprint density at radius 1 is 1.05 bits per heavy atom. The molecule has 0 aliphatic carbocycles. The third-order valence-electron chi connectivity index (χ3n) is 3.14. The average Bonchev–Trinajstić information content (AvgIpc) is 2.42. The molecular weight excluding hydrogens is 272 g/mol. The summed E-state index contributed by atoms with van der Waals surface area (Å²) in [7, 11) is -1.99. The second kappa shape index (κ2) is 11.1. The number of esters is 1. The summed E-state index contributed by atoms with van der Waals surface area (Å²) in [6.07, 6.45) is 2.97. The molecule has 0 aromatic rings. The number of rotatable bonds is 12. The van der Waals surface area contributed by atoms with E-state index in [1.807, 2.05) is 13.8 Å². The number of unbranched alkanes of at least 4 members (excludes halogenated alkanes) is 2. The Hall–Kier alpha value is -0.653. The quantitative estimate of drug-likeness (QED) is 0.238. The van der Waals surface area contributed by atoms with Crippen molar-refractivity contribution in [2.24, 2.45) is 0 Å². The molecule has 5 heteroatoms. The fourth-order valence-corrected chi connectivity index (χ4v) is 5.03. The zero-order chi connectivity index (χ0) is 15.4. The van der Waals surface area contributed by atoms with Crippen molar-refractivity contribution in [3.63, 3.8) is 0 Å². The molecule has 0 aromatic carbocycles. The molecule has 0 saturated carbocycles. The van der Waals surface area contributed by atoms with Gasteiger partial charge in [0.25, 0.3) is 0 Å². The third kappa shape index (κ3) is 7.82. The fraction of sp³-hybridized carbons (Fsp3) is 0.800. The summed E-state index contributed by atoms with van der Waals surface area (Å²) in [5, 5.41) is 0. The minimum atomic E-state index is -1.99. The molecule has 0 heterocycles. The maximum atomic E-state index is 11.2. The van der Waals surface area contributed by atoms with E-state index in [0.29, 0.717) is 12.2 Å². The Bertz CT molecular complexity index is 286. The summed E-state index contributed by atoms with van der Waals surface area (Å²) in [4.78, 5) is 11.2. The van der Waals surface area contributed by atoms with Crippen molar-refractivity contribution in [3.8, 4) is 0 Å². The monoisotopic (exact) mass is 302 g/mol. The lowest BCUT2D eigenvalue weighted by molar-refractivity contribution is -0.139. The van der Waals surface area contributed by atoms with Crippen LogP contribution in [-0.2, 0) is 18.4 Å². The van der Waals surface area contributed by atoms with Crippen molar-refractivity contribution in [1.29, 1.82) is 0 Å². The molecule has 0 spiro atoms. The van der Waals surface area contributed by atoms with Crippen LogP contribution in [0.3, 0.4) is 0 Å². The highest BCUT2D eigenvalue weighted by molar-refractivity contribution is 6.67. The van der Waals surface area contributed by atoms with Crippen LogP contribution in [0.15, 0.2) is 12.2 Å². The molecule has 0 unspecified atom stereocenters. The van der Waals surface area contributed by atoms with Gasteiger partial charge in [0.15, 0.2) is 0 Å². The Labute approximate surface area is 124 Å². The minimum Gasteiger partial charge on any atom is -0.462 e. The van der Waals surface area contributed by atoms with E-state index in [-0.39, 0.29) is 5.97 Å². The molecule has 118 valence electrons. The normalized spacial score (nSPS) is 11.4. The number of carbonyl (C=O) groups excluding carboxylic acids is 1. The first-order valence-corrected chi connectivity index (χ1v) is 9.85. The Morgan fingerprint density at radius 3 is 2.10 bits per heavy atom. The van der Waals surface area contributed by atoms with E-state index in [4.69, 9.17) is 13.6 Å². The van der Waals surface area contributed by atoms with Gasteiger partial charge in [-0.05, 0) is 39.3 Å². The fourth-order valence-electron chi connectivity index (χ4n) is 2.05. The van der Waals surface area contributed by atoms with Crippen LogP contribution in [-0.4, -0.2) is 34.4 Å². The largest absolute Gasteiger partial charge is 0.462 e. The van der Waals surface area contributed by atoms with Crippen molar-refractivity contribution in [1.82, 2.24) is 0 Å². The summed E-state index contributed by atoms with van der Waals surface area (Å²) >= 11 is 0. The van der Waals surface area contributed by atoms with Gasteiger partial charge in [0.05, 0.1) is 6.61 Å². The lowest BCUT2D eigenvalue weighted by Gasteiger charge is -2.28. The van der Waals surface area contributed by atoms with Gasteiger partial charge in [0.1, 0.15) is 0 Å². The molecule has 0 bridgehead atoms. The zero-order valence-electron chi connectivity index (χ0n) is 13.5. The molecule has 0 amide bonds. The maximum Gasteiger partial charge on any atom is 0.337 e. The molecule has 4 nitrogen and oxygen atoms in total. The van der Waals surface area contributed by atoms with Crippen LogP contribution in [0, 0.1) is 0 Å². The Kier molecular flexibility index (Phi) is 10.7. The van der Waals surface area contributed by atoms with E-state index in [1.165, 1.54) is 0 Å². The molecule has 0 aromatic heterocycles. The molecule has 0 N–H and O–H groups in total. The molecule has 0 radical (unpaired) electrons. The molecule has 20 heavy (non-hydrogen) atoms. The van der Waals surface area contributed by atoms with Crippen LogP contribution in [0.2, 0.25) is 12.1 Å². The molecule has 0 rings (SSSR count). The summed E-state index contributed by atoms with van der Waals surface area (Å²) in [5.74, 6) is -0.300. The van der Waals surface area contributed by atoms with Crippen LogP contribution in [0.5, 0.6) is 0 Å². The highest BCUT2D eigenvalue weighted by Crippen LogP contribution is 2.22. The lowest BCUT2D eigenvalue weighted by atomic mass is 10.3. The van der Waals surface area contributed by atoms with Gasteiger partial charge in [0.2, 0.25) is 0 Å². The predicted molar refractivity (Wildman–Crippen MR) is 83.9 cm³/mol. The molecule has 0 aliphatic rings. The van der Waals surface area contributed by atoms with Crippen LogP contribution >= 0.6 is 0 Å². The maximum absolute atomic E-state index is 11.2. The number of hydrogen-bond acceptors (Lipinski definition) is 4. The highest BCUT2D eigenvalue weighted by Gasteiger charge is 2.34. The van der Waals surface area contributed by atoms with Gasteiger partial charge in [-0.15, -0.1) is 0 Å². The standard InChI is InChI=1S/C15H30O4Si/c1-6-18-20(8-3,19-7-2)13-11-9-10-12-17-15(16)14(4)5/h4,6-13H2,1-3,5H3. The van der Waals surface area contributed by atoms with E-state index >= 15 is 0 Å². The van der Waals surface area contributed by atoms with Gasteiger partial charge in [0, 0.05) is 18.8 Å². The molecule has 0 fully saturated rings. The van der Waals surface area contributed by atoms with Gasteiger partial charge in [-0.25, -0.2) is 4.79 Å². The number of ether oxygens (including phenoxy) is 1. The lowest BCUT2D eigenvalue weighted by Crippen LogP contribution is -2.41. The summed E-state index contributed by atoms with van der Waals surface area (Å²) in [6.45, 7) is 13.3. The van der Waals surface area contributed by atoms with Gasteiger partial charge in [-0.1, -0.05) is 26.3 Å². The highest BCUT2D eigenvalue weighted by atomic mass is 28.4. The summed E-state index contributed by atoms with van der Waals surface area (Å²) < 4.78 is 16.9.